The summed E-state index contributed by atoms with van der Waals surface area (Å²) in [7, 11) is -3.58. The van der Waals surface area contributed by atoms with Crippen molar-refractivity contribution in [1.29, 1.82) is 0 Å². The van der Waals surface area contributed by atoms with Crippen molar-refractivity contribution in [3.8, 4) is 0 Å². The molecule has 0 radical (unpaired) electrons. The van der Waals surface area contributed by atoms with Crippen LogP contribution in [0.15, 0.2) is 47.4 Å². The average molecular weight is 444 g/mol. The van der Waals surface area contributed by atoms with Gasteiger partial charge in [0.05, 0.1) is 4.90 Å². The normalized spacial score (nSPS) is 19.6. The minimum absolute atomic E-state index is 0.164. The summed E-state index contributed by atoms with van der Waals surface area (Å²) in [5.41, 5.74) is 2.45. The first-order valence-corrected chi connectivity index (χ1v) is 11.8. The molecule has 0 bridgehead atoms. The lowest BCUT2D eigenvalue weighted by Gasteiger charge is -2.34. The van der Waals surface area contributed by atoms with Crippen LogP contribution < -0.4 is 10.6 Å². The first-order valence-electron chi connectivity index (χ1n) is 10.4. The van der Waals surface area contributed by atoms with Gasteiger partial charge in [-0.15, -0.1) is 0 Å². The molecule has 1 saturated heterocycles. The van der Waals surface area contributed by atoms with Crippen molar-refractivity contribution in [2.24, 2.45) is 11.8 Å². The van der Waals surface area contributed by atoms with Gasteiger partial charge in [-0.05, 0) is 73.2 Å². The molecule has 2 amide bonds. The molecule has 2 aromatic rings. The van der Waals surface area contributed by atoms with Gasteiger partial charge < -0.3 is 10.6 Å². The number of rotatable bonds is 5. The van der Waals surface area contributed by atoms with Crippen LogP contribution in [0.4, 0.5) is 11.4 Å². The van der Waals surface area contributed by atoms with Gasteiger partial charge in [-0.1, -0.05) is 13.8 Å². The molecule has 0 aliphatic carbocycles. The second-order valence-electron chi connectivity index (χ2n) is 8.46. The second kappa shape index (κ2) is 9.20. The Morgan fingerprint density at radius 2 is 1.58 bits per heavy atom. The van der Waals surface area contributed by atoms with E-state index in [1.165, 1.54) is 31.2 Å². The number of amides is 2. The fourth-order valence-corrected chi connectivity index (χ4v) is 5.68. The fourth-order valence-electron chi connectivity index (χ4n) is 4.00. The van der Waals surface area contributed by atoms with Crippen LogP contribution in [0.1, 0.15) is 43.1 Å². The van der Waals surface area contributed by atoms with Crippen molar-refractivity contribution in [3.63, 3.8) is 0 Å². The van der Waals surface area contributed by atoms with Crippen molar-refractivity contribution < 1.29 is 18.0 Å². The van der Waals surface area contributed by atoms with Crippen LogP contribution in [-0.2, 0) is 14.8 Å². The summed E-state index contributed by atoms with van der Waals surface area (Å²) in [6.45, 7) is 8.44. The zero-order valence-corrected chi connectivity index (χ0v) is 19.1. The standard InChI is InChI=1S/C23H29N3O4S/c1-15-11-16(2)14-26(13-15)31(29,30)21-8-5-19(6-9-21)23(28)25-20-7-10-22(17(3)12-20)24-18(4)27/h5-10,12,15-16H,11,13-14H2,1-4H3,(H,24,27)(H,25,28). The first kappa shape index (κ1) is 23.0. The number of nitrogens with one attached hydrogen (secondary N) is 2. The van der Waals surface area contributed by atoms with E-state index in [-0.39, 0.29) is 16.7 Å². The highest BCUT2D eigenvalue weighted by Crippen LogP contribution is 2.27. The Hall–Kier alpha value is -2.71. The van der Waals surface area contributed by atoms with Crippen LogP contribution in [0.2, 0.25) is 0 Å². The number of benzene rings is 2. The van der Waals surface area contributed by atoms with Crippen LogP contribution in [0, 0.1) is 18.8 Å². The molecule has 2 aromatic carbocycles. The second-order valence-corrected chi connectivity index (χ2v) is 10.4. The Bertz CT molecular complexity index is 1070. The number of hydrogen-bond donors (Lipinski definition) is 2. The van der Waals surface area contributed by atoms with Gasteiger partial charge in [0.15, 0.2) is 0 Å². The number of carbonyl (C=O) groups is 2. The maximum absolute atomic E-state index is 13.0. The quantitative estimate of drug-likeness (QED) is 0.733. The fraction of sp³-hybridized carbons (Fsp3) is 0.391. The van der Waals surface area contributed by atoms with Crippen molar-refractivity contribution in [1.82, 2.24) is 4.31 Å². The maximum Gasteiger partial charge on any atom is 0.255 e. The van der Waals surface area contributed by atoms with Gasteiger partial charge in [-0.3, -0.25) is 9.59 Å². The molecule has 1 aliphatic heterocycles. The topological polar surface area (TPSA) is 95.6 Å². The molecule has 2 N–H and O–H groups in total. The molecule has 2 atom stereocenters. The third-order valence-electron chi connectivity index (χ3n) is 5.38. The minimum atomic E-state index is -3.58. The van der Waals surface area contributed by atoms with E-state index in [9.17, 15) is 18.0 Å². The molecule has 7 nitrogen and oxygen atoms in total. The van der Waals surface area contributed by atoms with Crippen LogP contribution in [0.5, 0.6) is 0 Å². The highest BCUT2D eigenvalue weighted by Gasteiger charge is 2.31. The summed E-state index contributed by atoms with van der Waals surface area (Å²) in [5.74, 6) is 0.146. The van der Waals surface area contributed by atoms with E-state index in [2.05, 4.69) is 24.5 Å². The smallest absolute Gasteiger partial charge is 0.255 e. The average Bonchev–Trinajstić information content (AvgIpc) is 2.69. The SMILES string of the molecule is CC(=O)Nc1ccc(NC(=O)c2ccc(S(=O)(=O)N3CC(C)CC(C)C3)cc2)cc1C. The summed E-state index contributed by atoms with van der Waals surface area (Å²) in [6.07, 6.45) is 1.02. The maximum atomic E-state index is 13.0. The summed E-state index contributed by atoms with van der Waals surface area (Å²) in [6, 6.07) is 11.2. The number of carbonyl (C=O) groups excluding carboxylic acids is 2. The summed E-state index contributed by atoms with van der Waals surface area (Å²) >= 11 is 0. The number of hydrogen-bond acceptors (Lipinski definition) is 4. The molecule has 8 heteroatoms. The molecular weight excluding hydrogens is 414 g/mol. The Balaban J connectivity index is 1.71. The number of anilines is 2. The molecule has 166 valence electrons. The van der Waals surface area contributed by atoms with E-state index in [0.29, 0.717) is 41.9 Å². The molecule has 3 rings (SSSR count). The predicted molar refractivity (Wildman–Crippen MR) is 122 cm³/mol. The highest BCUT2D eigenvalue weighted by atomic mass is 32.2. The van der Waals surface area contributed by atoms with Gasteiger partial charge in [-0.2, -0.15) is 4.31 Å². The third-order valence-corrected chi connectivity index (χ3v) is 7.23. The molecule has 1 fully saturated rings. The Morgan fingerprint density at radius 3 is 2.13 bits per heavy atom. The summed E-state index contributed by atoms with van der Waals surface area (Å²) < 4.78 is 27.5. The predicted octanol–water partition coefficient (Wildman–Crippen LogP) is 3.87. The number of piperidine rings is 1. The monoisotopic (exact) mass is 443 g/mol. The van der Waals surface area contributed by atoms with Crippen LogP contribution >= 0.6 is 0 Å². The lowest BCUT2D eigenvalue weighted by atomic mass is 9.94. The first-order chi connectivity index (χ1) is 14.6. The van der Waals surface area contributed by atoms with E-state index >= 15 is 0 Å². The van der Waals surface area contributed by atoms with E-state index in [1.807, 2.05) is 6.92 Å². The van der Waals surface area contributed by atoms with Crippen LogP contribution in [0.25, 0.3) is 0 Å². The molecule has 2 unspecified atom stereocenters. The van der Waals surface area contributed by atoms with Gasteiger partial charge in [0.25, 0.3) is 5.91 Å². The van der Waals surface area contributed by atoms with E-state index in [4.69, 9.17) is 0 Å². The van der Waals surface area contributed by atoms with Gasteiger partial charge in [0.2, 0.25) is 15.9 Å². The molecule has 1 aliphatic rings. The van der Waals surface area contributed by atoms with Crippen LogP contribution in [0.3, 0.4) is 0 Å². The minimum Gasteiger partial charge on any atom is -0.326 e. The molecule has 0 saturated carbocycles. The number of sulfonamides is 1. The van der Waals surface area contributed by atoms with Gasteiger partial charge >= 0.3 is 0 Å². The van der Waals surface area contributed by atoms with E-state index in [1.54, 1.807) is 22.5 Å². The Kier molecular flexibility index (Phi) is 6.81. The summed E-state index contributed by atoms with van der Waals surface area (Å²) in [5, 5.41) is 5.53. The third kappa shape index (κ3) is 5.51. The zero-order chi connectivity index (χ0) is 22.8. The summed E-state index contributed by atoms with van der Waals surface area (Å²) in [4.78, 5) is 24.0. The van der Waals surface area contributed by atoms with Crippen molar-refractivity contribution in [3.05, 3.63) is 53.6 Å². The van der Waals surface area contributed by atoms with Gasteiger partial charge in [0.1, 0.15) is 0 Å². The van der Waals surface area contributed by atoms with Crippen molar-refractivity contribution in [2.75, 3.05) is 23.7 Å². The van der Waals surface area contributed by atoms with Gasteiger partial charge in [0, 0.05) is 37.0 Å². The van der Waals surface area contributed by atoms with Crippen molar-refractivity contribution >= 4 is 33.2 Å². The number of aryl methyl sites for hydroxylation is 1. The molecule has 1 heterocycles. The highest BCUT2D eigenvalue weighted by molar-refractivity contribution is 7.89. The Morgan fingerprint density at radius 1 is 0.968 bits per heavy atom. The largest absolute Gasteiger partial charge is 0.326 e. The molecule has 0 spiro atoms. The molecule has 0 aromatic heterocycles. The van der Waals surface area contributed by atoms with Crippen LogP contribution in [-0.4, -0.2) is 37.6 Å². The Labute approximate surface area is 183 Å². The van der Waals surface area contributed by atoms with Gasteiger partial charge in [-0.25, -0.2) is 8.42 Å². The molecular formula is C23H29N3O4S. The number of nitrogens with zero attached hydrogens (tertiary/aromatic N) is 1. The lowest BCUT2D eigenvalue weighted by molar-refractivity contribution is -0.114. The lowest BCUT2D eigenvalue weighted by Crippen LogP contribution is -2.42. The van der Waals surface area contributed by atoms with E-state index in [0.717, 1.165) is 12.0 Å². The van der Waals surface area contributed by atoms with E-state index < -0.39 is 10.0 Å². The molecule has 31 heavy (non-hydrogen) atoms. The van der Waals surface area contributed by atoms with Crippen molar-refractivity contribution in [2.45, 2.75) is 39.0 Å². The zero-order valence-electron chi connectivity index (χ0n) is 18.3.